The quantitative estimate of drug-likeness (QED) is 0.395. The van der Waals surface area contributed by atoms with Crippen LogP contribution in [0.4, 0.5) is 5.69 Å². The molecule has 3 heterocycles. The zero-order chi connectivity index (χ0) is 24.9. The number of nitrogens with one attached hydrogen (secondary N) is 1. The number of carbonyl (C=O) groups excluding carboxylic acids is 2. The third kappa shape index (κ3) is 4.96. The van der Waals surface area contributed by atoms with Crippen LogP contribution >= 0.6 is 11.9 Å². The van der Waals surface area contributed by atoms with Crippen molar-refractivity contribution in [1.29, 1.82) is 0 Å². The lowest BCUT2D eigenvalue weighted by molar-refractivity contribution is 0.0533. The van der Waals surface area contributed by atoms with Crippen molar-refractivity contribution in [3.63, 3.8) is 0 Å². The molecule has 0 bridgehead atoms. The van der Waals surface area contributed by atoms with Crippen molar-refractivity contribution in [2.24, 2.45) is 0 Å². The largest absolute Gasteiger partial charge is 0.480 e. The molecule has 0 atom stereocenters. The second-order valence-corrected chi connectivity index (χ2v) is 9.11. The number of rotatable bonds is 6. The Morgan fingerprint density at radius 3 is 2.25 bits per heavy atom. The van der Waals surface area contributed by atoms with E-state index >= 15 is 0 Å². The average Bonchev–Trinajstić information content (AvgIpc) is 2.95. The summed E-state index contributed by atoms with van der Waals surface area (Å²) in [7, 11) is 1.50. The molecule has 8 nitrogen and oxygen atoms in total. The van der Waals surface area contributed by atoms with Crippen LogP contribution < -0.4 is 9.46 Å². The molecule has 0 unspecified atom stereocenters. The molecule has 1 aliphatic heterocycles. The van der Waals surface area contributed by atoms with E-state index in [9.17, 15) is 9.59 Å². The number of hydrogen-bond donors (Lipinski definition) is 1. The van der Waals surface area contributed by atoms with E-state index in [4.69, 9.17) is 4.74 Å². The number of fused-ring (bicyclic) bond motifs is 1. The molecule has 2 aromatic heterocycles. The number of carbonyl (C=O) groups is 2. The highest BCUT2D eigenvalue weighted by molar-refractivity contribution is 8.00. The Morgan fingerprint density at radius 2 is 1.50 bits per heavy atom. The molecule has 2 amide bonds. The van der Waals surface area contributed by atoms with Gasteiger partial charge >= 0.3 is 0 Å². The molecule has 1 fully saturated rings. The van der Waals surface area contributed by atoms with Gasteiger partial charge in [-0.1, -0.05) is 18.2 Å². The molecule has 1 saturated heterocycles. The fourth-order valence-electron chi connectivity index (χ4n) is 4.14. The molecule has 2 aromatic carbocycles. The Labute approximate surface area is 213 Å². The Morgan fingerprint density at radius 1 is 0.833 bits per heavy atom. The summed E-state index contributed by atoms with van der Waals surface area (Å²) < 4.78 is 8.55. The van der Waals surface area contributed by atoms with E-state index < -0.39 is 0 Å². The number of piperazine rings is 1. The van der Waals surface area contributed by atoms with Crippen LogP contribution in [0.2, 0.25) is 0 Å². The predicted octanol–water partition coefficient (Wildman–Crippen LogP) is 4.36. The number of hydrogen-bond acceptors (Lipinski definition) is 7. The van der Waals surface area contributed by atoms with Crippen LogP contribution in [-0.2, 0) is 0 Å². The van der Waals surface area contributed by atoms with Crippen molar-refractivity contribution in [1.82, 2.24) is 19.8 Å². The summed E-state index contributed by atoms with van der Waals surface area (Å²) in [5, 5.41) is 1.09. The van der Waals surface area contributed by atoms with E-state index in [-0.39, 0.29) is 11.8 Å². The summed E-state index contributed by atoms with van der Waals surface area (Å²) in [6.07, 6.45) is 3.38. The summed E-state index contributed by atoms with van der Waals surface area (Å²) in [5.74, 6) is 0.129. The number of aromatic nitrogens is 2. The zero-order valence-corrected chi connectivity index (χ0v) is 20.6. The van der Waals surface area contributed by atoms with Crippen molar-refractivity contribution in [2.75, 3.05) is 38.0 Å². The molecular weight excluding hydrogens is 474 g/mol. The number of para-hydroxylation sites is 1. The highest BCUT2D eigenvalue weighted by Gasteiger charge is 2.27. The van der Waals surface area contributed by atoms with Gasteiger partial charge in [-0.25, -0.2) is 4.98 Å². The number of ether oxygens (including phenoxy) is 1. The van der Waals surface area contributed by atoms with Gasteiger partial charge in [-0.3, -0.25) is 14.6 Å². The molecule has 4 aromatic rings. The van der Waals surface area contributed by atoms with Crippen LogP contribution in [0.5, 0.6) is 5.88 Å². The van der Waals surface area contributed by atoms with Crippen molar-refractivity contribution in [2.45, 2.75) is 4.90 Å². The lowest BCUT2D eigenvalue weighted by atomic mass is 10.1. The van der Waals surface area contributed by atoms with Crippen LogP contribution in [0.3, 0.4) is 0 Å². The van der Waals surface area contributed by atoms with E-state index in [1.54, 1.807) is 34.3 Å². The standard InChI is InChI=1S/C27H25N5O3S/c1-35-25-22(7-4-14-29-25)27(34)32-17-15-31(16-18-32)26(33)20-9-11-21(12-10-20)30-36-23-8-2-5-19-6-3-13-28-24(19)23/h2-14,30H,15-18H2,1H3. The van der Waals surface area contributed by atoms with Gasteiger partial charge in [0.15, 0.2) is 0 Å². The Kier molecular flexibility index (Phi) is 6.99. The van der Waals surface area contributed by atoms with Gasteiger partial charge in [0.2, 0.25) is 5.88 Å². The number of pyridine rings is 2. The van der Waals surface area contributed by atoms with E-state index in [2.05, 4.69) is 14.7 Å². The summed E-state index contributed by atoms with van der Waals surface area (Å²) in [6, 6.07) is 20.9. The van der Waals surface area contributed by atoms with E-state index in [0.29, 0.717) is 43.2 Å². The molecule has 182 valence electrons. The normalized spacial score (nSPS) is 13.5. The smallest absolute Gasteiger partial charge is 0.259 e. The Bertz CT molecular complexity index is 1380. The van der Waals surface area contributed by atoms with Crippen LogP contribution in [-0.4, -0.2) is 64.9 Å². The average molecular weight is 500 g/mol. The maximum atomic E-state index is 13.0. The fourth-order valence-corrected chi connectivity index (χ4v) is 4.91. The SMILES string of the molecule is COc1ncccc1C(=O)N1CCN(C(=O)c2ccc(NSc3cccc4cccnc34)cc2)CC1. The maximum absolute atomic E-state index is 13.0. The summed E-state index contributed by atoms with van der Waals surface area (Å²) >= 11 is 1.49. The number of benzene rings is 2. The molecule has 9 heteroatoms. The third-order valence-electron chi connectivity index (χ3n) is 6.06. The molecule has 0 radical (unpaired) electrons. The van der Waals surface area contributed by atoms with Crippen molar-refractivity contribution in [3.8, 4) is 5.88 Å². The van der Waals surface area contributed by atoms with Gasteiger partial charge < -0.3 is 19.3 Å². The molecular formula is C27H25N5O3S. The lowest BCUT2D eigenvalue weighted by Crippen LogP contribution is -2.50. The first-order chi connectivity index (χ1) is 17.6. The maximum Gasteiger partial charge on any atom is 0.259 e. The first-order valence-corrected chi connectivity index (χ1v) is 12.4. The topological polar surface area (TPSA) is 87.7 Å². The number of methoxy groups -OCH3 is 1. The highest BCUT2D eigenvalue weighted by atomic mass is 32.2. The summed E-state index contributed by atoms with van der Waals surface area (Å²) in [4.78, 5) is 39.1. The van der Waals surface area contributed by atoms with E-state index in [0.717, 1.165) is 21.5 Å². The number of amides is 2. The number of anilines is 1. The molecule has 0 spiro atoms. The first-order valence-electron chi connectivity index (χ1n) is 11.6. The van der Waals surface area contributed by atoms with Crippen LogP contribution in [0.15, 0.2) is 84.0 Å². The Balaban J connectivity index is 1.17. The summed E-state index contributed by atoms with van der Waals surface area (Å²) in [5.41, 5.74) is 2.89. The Hall–Kier alpha value is -4.11. The highest BCUT2D eigenvalue weighted by Crippen LogP contribution is 2.27. The van der Waals surface area contributed by atoms with Gasteiger partial charge in [-0.15, -0.1) is 0 Å². The zero-order valence-electron chi connectivity index (χ0n) is 19.8. The van der Waals surface area contributed by atoms with Crippen molar-refractivity contribution in [3.05, 3.63) is 90.3 Å². The van der Waals surface area contributed by atoms with E-state index in [1.165, 1.54) is 19.1 Å². The van der Waals surface area contributed by atoms with Crippen LogP contribution in [0.25, 0.3) is 10.9 Å². The van der Waals surface area contributed by atoms with Gasteiger partial charge in [0.1, 0.15) is 5.56 Å². The monoisotopic (exact) mass is 499 g/mol. The molecule has 1 aliphatic rings. The molecule has 5 rings (SSSR count). The predicted molar refractivity (Wildman–Crippen MR) is 140 cm³/mol. The lowest BCUT2D eigenvalue weighted by Gasteiger charge is -2.35. The first kappa shape index (κ1) is 23.6. The molecule has 0 saturated carbocycles. The fraction of sp³-hybridized carbons (Fsp3) is 0.185. The van der Waals surface area contributed by atoms with Gasteiger partial charge in [0, 0.05) is 55.2 Å². The minimum Gasteiger partial charge on any atom is -0.480 e. The number of nitrogens with zero attached hydrogens (tertiary/aromatic N) is 4. The van der Waals surface area contributed by atoms with Crippen LogP contribution in [0, 0.1) is 0 Å². The third-order valence-corrected chi connectivity index (χ3v) is 6.94. The van der Waals surface area contributed by atoms with Gasteiger partial charge in [0.25, 0.3) is 11.8 Å². The molecule has 36 heavy (non-hydrogen) atoms. The van der Waals surface area contributed by atoms with Crippen LogP contribution in [0.1, 0.15) is 20.7 Å². The minimum absolute atomic E-state index is 0.0430. The van der Waals surface area contributed by atoms with Gasteiger partial charge in [-0.05, 0) is 60.5 Å². The summed E-state index contributed by atoms with van der Waals surface area (Å²) in [6.45, 7) is 1.85. The minimum atomic E-state index is -0.138. The molecule has 0 aliphatic carbocycles. The van der Waals surface area contributed by atoms with Gasteiger partial charge in [0.05, 0.1) is 17.5 Å². The van der Waals surface area contributed by atoms with E-state index in [1.807, 2.05) is 54.6 Å². The van der Waals surface area contributed by atoms with Crippen molar-refractivity contribution >= 4 is 40.4 Å². The van der Waals surface area contributed by atoms with Gasteiger partial charge in [-0.2, -0.15) is 0 Å². The van der Waals surface area contributed by atoms with Crippen molar-refractivity contribution < 1.29 is 14.3 Å². The second kappa shape index (κ2) is 10.7. The second-order valence-electron chi connectivity index (χ2n) is 8.26. The molecule has 1 N–H and O–H groups in total.